The lowest BCUT2D eigenvalue weighted by Crippen LogP contribution is -1.91. The van der Waals surface area contributed by atoms with Crippen molar-refractivity contribution in [3.05, 3.63) is 52.8 Å². The van der Waals surface area contributed by atoms with Crippen molar-refractivity contribution in [1.82, 2.24) is 24.8 Å². The van der Waals surface area contributed by atoms with Crippen molar-refractivity contribution < 1.29 is 0 Å². The molecule has 0 amide bonds. The van der Waals surface area contributed by atoms with Gasteiger partial charge in [0.15, 0.2) is 5.82 Å². The van der Waals surface area contributed by atoms with Crippen LogP contribution in [0.1, 0.15) is 0 Å². The average Bonchev–Trinajstić information content (AvgIpc) is 3.08. The first kappa shape index (κ1) is 13.6. The average molecular weight is 348 g/mol. The molecule has 0 spiro atoms. The second kappa shape index (κ2) is 5.31. The Hall–Kier alpha value is -2.02. The van der Waals surface area contributed by atoms with Gasteiger partial charge >= 0.3 is 0 Å². The lowest BCUT2D eigenvalue weighted by atomic mass is 10.2. The second-order valence-corrected chi connectivity index (χ2v) is 6.29. The first-order chi connectivity index (χ1) is 10.7. The van der Waals surface area contributed by atoms with Crippen molar-refractivity contribution in [3.63, 3.8) is 0 Å². The number of benzene rings is 1. The Morgan fingerprint density at radius 3 is 2.77 bits per heavy atom. The maximum absolute atomic E-state index is 6.24. The van der Waals surface area contributed by atoms with E-state index in [-0.39, 0.29) is 0 Å². The Kier molecular flexibility index (Phi) is 3.29. The first-order valence-corrected chi connectivity index (χ1v) is 7.88. The van der Waals surface area contributed by atoms with Crippen LogP contribution in [0.4, 0.5) is 0 Å². The smallest absolute Gasteiger partial charge is 0.235 e. The summed E-state index contributed by atoms with van der Waals surface area (Å²) in [5.74, 6) is 0.649. The Bertz CT molecular complexity index is 964. The van der Waals surface area contributed by atoms with Gasteiger partial charge in [0, 0.05) is 28.5 Å². The lowest BCUT2D eigenvalue weighted by Gasteiger charge is -2.00. The van der Waals surface area contributed by atoms with Crippen LogP contribution in [0.25, 0.3) is 26.9 Å². The summed E-state index contributed by atoms with van der Waals surface area (Å²) in [6.45, 7) is 0. The van der Waals surface area contributed by atoms with Crippen LogP contribution < -0.4 is 0 Å². The molecule has 22 heavy (non-hydrogen) atoms. The molecule has 0 aliphatic heterocycles. The molecule has 4 aromatic rings. The number of pyridine rings is 1. The third kappa shape index (κ3) is 2.25. The maximum Gasteiger partial charge on any atom is 0.235 e. The molecule has 3 aromatic heterocycles. The van der Waals surface area contributed by atoms with Gasteiger partial charge in [0.2, 0.25) is 4.96 Å². The van der Waals surface area contributed by atoms with Crippen LogP contribution in [0.3, 0.4) is 0 Å². The number of hydrogen-bond acceptors (Lipinski definition) is 5. The van der Waals surface area contributed by atoms with E-state index in [1.165, 1.54) is 11.3 Å². The Morgan fingerprint density at radius 1 is 1.09 bits per heavy atom. The summed E-state index contributed by atoms with van der Waals surface area (Å²) in [6.07, 6.45) is 3.44. The summed E-state index contributed by atoms with van der Waals surface area (Å²) in [7, 11) is 0. The molecule has 0 aliphatic rings. The van der Waals surface area contributed by atoms with E-state index in [0.717, 1.165) is 16.1 Å². The molecule has 0 unspecified atom stereocenters. The highest BCUT2D eigenvalue weighted by Crippen LogP contribution is 2.33. The number of rotatable bonds is 2. The second-order valence-electron chi connectivity index (χ2n) is 4.49. The fraction of sp³-hybridized carbons (Fsp3) is 0. The van der Waals surface area contributed by atoms with Crippen LogP contribution in [-0.2, 0) is 0 Å². The molecule has 0 atom stereocenters. The summed E-state index contributed by atoms with van der Waals surface area (Å²) in [5.41, 5.74) is 1.67. The van der Waals surface area contributed by atoms with Crippen molar-refractivity contribution >= 4 is 39.5 Å². The Labute approximate surface area is 139 Å². The monoisotopic (exact) mass is 347 g/mol. The predicted molar refractivity (Wildman–Crippen MR) is 87.3 cm³/mol. The van der Waals surface area contributed by atoms with Crippen LogP contribution in [-0.4, -0.2) is 24.8 Å². The van der Waals surface area contributed by atoms with Gasteiger partial charge in [0.25, 0.3) is 0 Å². The van der Waals surface area contributed by atoms with Gasteiger partial charge < -0.3 is 0 Å². The first-order valence-electron chi connectivity index (χ1n) is 6.30. The Balaban J connectivity index is 1.87. The minimum Gasteiger partial charge on any atom is -0.264 e. The van der Waals surface area contributed by atoms with E-state index in [4.69, 9.17) is 23.2 Å². The highest BCUT2D eigenvalue weighted by Gasteiger charge is 2.16. The van der Waals surface area contributed by atoms with E-state index in [1.54, 1.807) is 29.0 Å². The van der Waals surface area contributed by atoms with Crippen LogP contribution in [0.5, 0.6) is 0 Å². The molecule has 0 aliphatic carbocycles. The zero-order valence-corrected chi connectivity index (χ0v) is 13.3. The van der Waals surface area contributed by atoms with Gasteiger partial charge in [0.1, 0.15) is 5.01 Å². The zero-order chi connectivity index (χ0) is 15.1. The van der Waals surface area contributed by atoms with Crippen molar-refractivity contribution in [2.45, 2.75) is 0 Å². The fourth-order valence-electron chi connectivity index (χ4n) is 2.06. The van der Waals surface area contributed by atoms with E-state index in [9.17, 15) is 0 Å². The van der Waals surface area contributed by atoms with Crippen LogP contribution in [0, 0.1) is 0 Å². The molecule has 4 rings (SSSR count). The quantitative estimate of drug-likeness (QED) is 0.544. The fourth-order valence-corrected chi connectivity index (χ4v) is 3.50. The van der Waals surface area contributed by atoms with Gasteiger partial charge in [-0.25, -0.2) is 0 Å². The third-order valence-electron chi connectivity index (χ3n) is 3.07. The molecule has 8 heteroatoms. The van der Waals surface area contributed by atoms with Gasteiger partial charge in [-0.15, -0.1) is 10.2 Å². The van der Waals surface area contributed by atoms with Crippen LogP contribution in [0.2, 0.25) is 10.0 Å². The topological polar surface area (TPSA) is 56.0 Å². The Morgan fingerprint density at radius 2 is 2.00 bits per heavy atom. The van der Waals surface area contributed by atoms with Crippen LogP contribution >= 0.6 is 34.5 Å². The molecule has 108 valence electrons. The van der Waals surface area contributed by atoms with Gasteiger partial charge in [-0.1, -0.05) is 34.5 Å². The SMILES string of the molecule is Clc1ccc(-c2nn3c(-c4cccnc4)nnc3s2)c(Cl)c1. The van der Waals surface area contributed by atoms with E-state index >= 15 is 0 Å². The summed E-state index contributed by atoms with van der Waals surface area (Å²) in [5, 5.41) is 14.8. The number of halogens is 2. The van der Waals surface area contributed by atoms with Gasteiger partial charge in [0.05, 0.1) is 5.02 Å². The molecule has 0 saturated carbocycles. The summed E-state index contributed by atoms with van der Waals surface area (Å²) >= 11 is 13.6. The molecule has 0 bridgehead atoms. The van der Waals surface area contributed by atoms with Crippen LogP contribution in [0.15, 0.2) is 42.7 Å². The van der Waals surface area contributed by atoms with Crippen molar-refractivity contribution in [2.24, 2.45) is 0 Å². The molecule has 5 nitrogen and oxygen atoms in total. The maximum atomic E-state index is 6.24. The van der Waals surface area contributed by atoms with E-state index in [2.05, 4.69) is 20.3 Å². The molecule has 0 radical (unpaired) electrons. The zero-order valence-electron chi connectivity index (χ0n) is 10.9. The number of hydrogen-bond donors (Lipinski definition) is 0. The molecule has 0 fully saturated rings. The number of aromatic nitrogens is 5. The van der Waals surface area contributed by atoms with E-state index < -0.39 is 0 Å². The molecule has 1 aromatic carbocycles. The highest BCUT2D eigenvalue weighted by atomic mass is 35.5. The molecule has 0 saturated heterocycles. The largest absolute Gasteiger partial charge is 0.264 e. The minimum absolute atomic E-state index is 0.556. The van der Waals surface area contributed by atoms with Crippen molar-refractivity contribution in [3.8, 4) is 22.0 Å². The van der Waals surface area contributed by atoms with Gasteiger partial charge in [-0.2, -0.15) is 9.61 Å². The lowest BCUT2D eigenvalue weighted by molar-refractivity contribution is 0.969. The normalized spacial score (nSPS) is 11.2. The van der Waals surface area contributed by atoms with Gasteiger partial charge in [-0.3, -0.25) is 4.98 Å². The molecular weight excluding hydrogens is 341 g/mol. The van der Waals surface area contributed by atoms with E-state index in [0.29, 0.717) is 20.8 Å². The minimum atomic E-state index is 0.556. The van der Waals surface area contributed by atoms with Crippen molar-refractivity contribution in [1.29, 1.82) is 0 Å². The van der Waals surface area contributed by atoms with Crippen molar-refractivity contribution in [2.75, 3.05) is 0 Å². The highest BCUT2D eigenvalue weighted by molar-refractivity contribution is 7.19. The molecular formula is C14H7Cl2N5S. The van der Waals surface area contributed by atoms with E-state index in [1.807, 2.05) is 18.2 Å². The molecule has 0 N–H and O–H groups in total. The third-order valence-corrected chi connectivity index (χ3v) is 4.55. The number of nitrogens with zero attached hydrogens (tertiary/aromatic N) is 5. The number of fused-ring (bicyclic) bond motifs is 1. The van der Waals surface area contributed by atoms with Gasteiger partial charge in [-0.05, 0) is 30.3 Å². The summed E-state index contributed by atoms with van der Waals surface area (Å²) in [4.78, 5) is 4.79. The standard InChI is InChI=1S/C14H7Cl2N5S/c15-9-3-4-10(11(16)6-9)13-20-21-12(18-19-14(21)22-13)8-2-1-5-17-7-8/h1-7H. The molecule has 3 heterocycles. The summed E-state index contributed by atoms with van der Waals surface area (Å²) in [6, 6.07) is 9.09. The predicted octanol–water partition coefficient (Wildman–Crippen LogP) is 4.22. The summed E-state index contributed by atoms with van der Waals surface area (Å²) < 4.78 is 1.70.